The highest BCUT2D eigenvalue weighted by molar-refractivity contribution is 7.89. The Balaban J connectivity index is 2.08. The van der Waals surface area contributed by atoms with Crippen LogP contribution in [0.1, 0.15) is 60.0 Å². The fourth-order valence-corrected chi connectivity index (χ4v) is 5.16. The molecule has 1 aliphatic heterocycles. The van der Waals surface area contributed by atoms with Crippen LogP contribution in [-0.2, 0) is 16.4 Å². The molecular weight excluding hydrogens is 302 g/mol. The number of nitrogens with zero attached hydrogens (tertiary/aromatic N) is 1. The average Bonchev–Trinajstić information content (AvgIpc) is 2.88. The first-order chi connectivity index (χ1) is 10.4. The third-order valence-corrected chi connectivity index (χ3v) is 6.64. The first-order valence-electron chi connectivity index (χ1n) is 7.81. The van der Waals surface area contributed by atoms with E-state index in [9.17, 15) is 18.3 Å². The van der Waals surface area contributed by atoms with Gasteiger partial charge in [0.15, 0.2) is 0 Å². The predicted molar refractivity (Wildman–Crippen MR) is 82.7 cm³/mol. The first kappa shape index (κ1) is 15.5. The van der Waals surface area contributed by atoms with Crippen molar-refractivity contribution >= 4 is 16.0 Å². The molecule has 0 spiro atoms. The number of hydrogen-bond acceptors (Lipinski definition) is 3. The zero-order chi connectivity index (χ0) is 15.9. The van der Waals surface area contributed by atoms with Crippen molar-refractivity contribution < 1.29 is 18.3 Å². The van der Waals surface area contributed by atoms with Gasteiger partial charge in [-0.1, -0.05) is 13.3 Å². The number of rotatable bonds is 3. The Labute approximate surface area is 131 Å². The van der Waals surface area contributed by atoms with Gasteiger partial charge in [0.25, 0.3) is 0 Å². The highest BCUT2D eigenvalue weighted by atomic mass is 32.2. The molecule has 1 unspecified atom stereocenters. The van der Waals surface area contributed by atoms with E-state index in [0.29, 0.717) is 13.1 Å². The van der Waals surface area contributed by atoms with E-state index in [0.717, 1.165) is 43.2 Å². The topological polar surface area (TPSA) is 74.7 Å². The molecule has 1 aromatic rings. The summed E-state index contributed by atoms with van der Waals surface area (Å²) in [6.07, 6.45) is 4.41. The Morgan fingerprint density at radius 2 is 1.91 bits per heavy atom. The van der Waals surface area contributed by atoms with Crippen molar-refractivity contribution in [1.29, 1.82) is 0 Å². The normalized spacial score (nSPS) is 22.5. The molecule has 120 valence electrons. The third kappa shape index (κ3) is 2.54. The van der Waals surface area contributed by atoms with Crippen LogP contribution in [0.3, 0.4) is 0 Å². The summed E-state index contributed by atoms with van der Waals surface area (Å²) in [5.74, 6) is -0.867. The van der Waals surface area contributed by atoms with Crippen molar-refractivity contribution in [2.75, 3.05) is 13.1 Å². The molecule has 22 heavy (non-hydrogen) atoms. The molecule has 0 aromatic heterocycles. The van der Waals surface area contributed by atoms with Gasteiger partial charge in [0, 0.05) is 13.1 Å². The lowest BCUT2D eigenvalue weighted by Crippen LogP contribution is -2.35. The van der Waals surface area contributed by atoms with Gasteiger partial charge in [-0.2, -0.15) is 4.31 Å². The predicted octanol–water partition coefficient (Wildman–Crippen LogP) is 2.61. The Kier molecular flexibility index (Phi) is 3.99. The maximum absolute atomic E-state index is 12.8. The molecule has 0 saturated carbocycles. The summed E-state index contributed by atoms with van der Waals surface area (Å²) in [5.41, 5.74) is 1.84. The number of aryl methyl sites for hydroxylation is 1. The van der Waals surface area contributed by atoms with Crippen molar-refractivity contribution in [3.8, 4) is 0 Å². The second-order valence-electron chi connectivity index (χ2n) is 6.25. The monoisotopic (exact) mass is 323 g/mol. The van der Waals surface area contributed by atoms with Gasteiger partial charge in [-0.15, -0.1) is 0 Å². The Morgan fingerprint density at radius 1 is 1.23 bits per heavy atom. The lowest BCUT2D eigenvalue weighted by Gasteiger charge is -2.26. The Bertz CT molecular complexity index is 705. The van der Waals surface area contributed by atoms with Gasteiger partial charge in [0.2, 0.25) is 10.0 Å². The first-order valence-corrected chi connectivity index (χ1v) is 9.25. The molecule has 0 amide bonds. The number of carbonyl (C=O) groups is 1. The van der Waals surface area contributed by atoms with Crippen molar-refractivity contribution in [2.45, 2.75) is 49.8 Å². The van der Waals surface area contributed by atoms with Gasteiger partial charge in [-0.3, -0.25) is 0 Å². The van der Waals surface area contributed by atoms with Crippen LogP contribution < -0.4 is 0 Å². The number of sulfonamides is 1. The number of carboxylic acids is 1. The fraction of sp³-hybridized carbons (Fsp3) is 0.562. The van der Waals surface area contributed by atoms with Gasteiger partial charge in [-0.25, -0.2) is 13.2 Å². The molecule has 1 fully saturated rings. The maximum Gasteiger partial charge on any atom is 0.336 e. The minimum atomic E-state index is -3.59. The van der Waals surface area contributed by atoms with Crippen LogP contribution in [0.15, 0.2) is 17.0 Å². The summed E-state index contributed by atoms with van der Waals surface area (Å²) in [4.78, 5) is 11.7. The van der Waals surface area contributed by atoms with Crippen molar-refractivity contribution in [2.24, 2.45) is 0 Å². The van der Waals surface area contributed by atoms with E-state index in [2.05, 4.69) is 0 Å². The highest BCUT2D eigenvalue weighted by Gasteiger charge is 2.31. The molecule has 1 aromatic carbocycles. The van der Waals surface area contributed by atoms with E-state index in [-0.39, 0.29) is 16.4 Å². The SMILES string of the molecule is CC1CCc2cc(S(=O)(=O)N3CCCCC3)cc(C(=O)O)c21. The standard InChI is InChI=1S/C16H21NO4S/c1-11-5-6-12-9-13(10-14(15(11)12)16(18)19)22(20,21)17-7-3-2-4-8-17/h9-11H,2-8H2,1H3,(H,18,19). The van der Waals surface area contributed by atoms with E-state index >= 15 is 0 Å². The summed E-state index contributed by atoms with van der Waals surface area (Å²) in [7, 11) is -3.59. The number of carboxylic acid groups (broad SMARTS) is 1. The lowest BCUT2D eigenvalue weighted by molar-refractivity contribution is 0.0695. The molecule has 1 N–H and O–H groups in total. The molecule has 3 rings (SSSR count). The average molecular weight is 323 g/mol. The van der Waals surface area contributed by atoms with E-state index in [1.807, 2.05) is 6.92 Å². The van der Waals surface area contributed by atoms with E-state index in [1.165, 1.54) is 10.4 Å². The minimum Gasteiger partial charge on any atom is -0.478 e. The van der Waals surface area contributed by atoms with E-state index < -0.39 is 16.0 Å². The van der Waals surface area contributed by atoms with Crippen molar-refractivity contribution in [3.63, 3.8) is 0 Å². The van der Waals surface area contributed by atoms with Crippen molar-refractivity contribution in [3.05, 3.63) is 28.8 Å². The van der Waals surface area contributed by atoms with Crippen LogP contribution in [0.4, 0.5) is 0 Å². The number of benzene rings is 1. The van der Waals surface area contributed by atoms with Crippen LogP contribution >= 0.6 is 0 Å². The number of piperidine rings is 1. The smallest absolute Gasteiger partial charge is 0.336 e. The maximum atomic E-state index is 12.8. The zero-order valence-corrected chi connectivity index (χ0v) is 13.5. The largest absolute Gasteiger partial charge is 0.478 e. The molecule has 0 bridgehead atoms. The molecule has 1 saturated heterocycles. The number of fused-ring (bicyclic) bond motifs is 1. The Morgan fingerprint density at radius 3 is 2.55 bits per heavy atom. The van der Waals surface area contributed by atoms with E-state index in [1.54, 1.807) is 6.07 Å². The van der Waals surface area contributed by atoms with Crippen LogP contribution in [0, 0.1) is 0 Å². The van der Waals surface area contributed by atoms with Crippen molar-refractivity contribution in [1.82, 2.24) is 4.31 Å². The molecule has 1 aliphatic carbocycles. The molecular formula is C16H21NO4S. The molecule has 1 atom stereocenters. The minimum absolute atomic E-state index is 0.139. The van der Waals surface area contributed by atoms with Crippen LogP contribution in [0.2, 0.25) is 0 Å². The molecule has 2 aliphatic rings. The number of hydrogen-bond donors (Lipinski definition) is 1. The summed E-state index contributed by atoms with van der Waals surface area (Å²) in [6.45, 7) is 3.05. The molecule has 1 heterocycles. The second kappa shape index (κ2) is 5.66. The van der Waals surface area contributed by atoms with Crippen LogP contribution in [-0.4, -0.2) is 36.9 Å². The molecule has 5 nitrogen and oxygen atoms in total. The quantitative estimate of drug-likeness (QED) is 0.928. The van der Waals surface area contributed by atoms with Gasteiger partial charge >= 0.3 is 5.97 Å². The third-order valence-electron chi connectivity index (χ3n) is 4.76. The fourth-order valence-electron chi connectivity index (χ4n) is 3.57. The summed E-state index contributed by atoms with van der Waals surface area (Å²) in [6, 6.07) is 3.04. The zero-order valence-electron chi connectivity index (χ0n) is 12.7. The second-order valence-corrected chi connectivity index (χ2v) is 8.19. The highest BCUT2D eigenvalue weighted by Crippen LogP contribution is 2.37. The van der Waals surface area contributed by atoms with Gasteiger partial charge in [-0.05, 0) is 54.9 Å². The van der Waals surface area contributed by atoms with E-state index in [4.69, 9.17) is 0 Å². The molecule has 0 radical (unpaired) electrons. The summed E-state index contributed by atoms with van der Waals surface area (Å²) >= 11 is 0. The van der Waals surface area contributed by atoms with Crippen LogP contribution in [0.25, 0.3) is 0 Å². The molecule has 6 heteroatoms. The Hall–Kier alpha value is -1.40. The lowest BCUT2D eigenvalue weighted by atomic mass is 9.97. The van der Waals surface area contributed by atoms with Gasteiger partial charge < -0.3 is 5.11 Å². The number of aromatic carboxylic acids is 1. The van der Waals surface area contributed by atoms with Gasteiger partial charge in [0.1, 0.15) is 0 Å². The van der Waals surface area contributed by atoms with Crippen LogP contribution in [0.5, 0.6) is 0 Å². The summed E-state index contributed by atoms with van der Waals surface area (Å²) < 4.78 is 27.0. The van der Waals surface area contributed by atoms with Gasteiger partial charge in [0.05, 0.1) is 10.5 Å². The summed E-state index contributed by atoms with van der Waals surface area (Å²) in [5, 5.41) is 9.46.